The second-order valence-corrected chi connectivity index (χ2v) is 10.7. The Balaban J connectivity index is 2.04. The van der Waals surface area contributed by atoms with Crippen molar-refractivity contribution in [2.45, 2.75) is 58.0 Å². The smallest absolute Gasteiger partial charge is 0.418 e. The number of halogens is 1. The van der Waals surface area contributed by atoms with E-state index < -0.39 is 11.7 Å². The van der Waals surface area contributed by atoms with Crippen molar-refractivity contribution in [2.24, 2.45) is 5.92 Å². The third-order valence-electron chi connectivity index (χ3n) is 6.07. The maximum Gasteiger partial charge on any atom is 0.418 e. The highest BCUT2D eigenvalue weighted by Crippen LogP contribution is 2.41. The van der Waals surface area contributed by atoms with Crippen LogP contribution in [0.3, 0.4) is 0 Å². The van der Waals surface area contributed by atoms with Gasteiger partial charge < -0.3 is 9.47 Å². The number of carbonyl (C=O) groups excluding carboxylic acids is 1. The van der Waals surface area contributed by atoms with Crippen LogP contribution in [0.4, 0.5) is 10.5 Å². The largest absolute Gasteiger partial charge is 0.497 e. The lowest BCUT2D eigenvalue weighted by Gasteiger charge is -2.33. The van der Waals surface area contributed by atoms with E-state index in [9.17, 15) is 14.9 Å². The van der Waals surface area contributed by atoms with Crippen molar-refractivity contribution in [3.8, 4) is 5.75 Å². The summed E-state index contributed by atoms with van der Waals surface area (Å²) < 4.78 is 11.9. The van der Waals surface area contributed by atoms with E-state index in [0.717, 1.165) is 41.3 Å². The van der Waals surface area contributed by atoms with Crippen LogP contribution in [0, 0.1) is 16.0 Å². The van der Waals surface area contributed by atoms with Gasteiger partial charge in [0.2, 0.25) is 6.54 Å². The van der Waals surface area contributed by atoms with Gasteiger partial charge in [-0.2, -0.15) is 0 Å². The number of rotatable bonds is 7. The molecule has 0 spiro atoms. The van der Waals surface area contributed by atoms with Gasteiger partial charge in [0.1, 0.15) is 11.4 Å². The fraction of sp³-hybridized carbons (Fsp3) is 0.444. The van der Waals surface area contributed by atoms with E-state index in [1.54, 1.807) is 31.4 Å². The van der Waals surface area contributed by atoms with Crippen LogP contribution in [0.2, 0.25) is 0 Å². The Hall–Kier alpha value is -2.87. The molecule has 3 rings (SSSR count). The first-order chi connectivity index (χ1) is 16.6. The quantitative estimate of drug-likeness (QED) is 0.269. The van der Waals surface area contributed by atoms with Crippen LogP contribution >= 0.6 is 15.9 Å². The molecule has 1 fully saturated rings. The van der Waals surface area contributed by atoms with Gasteiger partial charge in [0.25, 0.3) is 0 Å². The molecule has 1 amide bonds. The zero-order valence-corrected chi connectivity index (χ0v) is 22.3. The number of nitro groups is 1. The number of hydrogen-bond acceptors (Lipinski definition) is 5. The minimum Gasteiger partial charge on any atom is -0.497 e. The minimum absolute atomic E-state index is 0.0569. The molecule has 0 radical (unpaired) electrons. The van der Waals surface area contributed by atoms with Gasteiger partial charge in [0, 0.05) is 15.6 Å². The molecule has 0 heterocycles. The van der Waals surface area contributed by atoms with Gasteiger partial charge in [0.05, 0.1) is 18.7 Å². The Kier molecular flexibility index (Phi) is 8.94. The number of ether oxygens (including phenoxy) is 2. The number of carbonyl (C=O) groups is 1. The van der Waals surface area contributed by atoms with Crippen molar-refractivity contribution < 1.29 is 19.2 Å². The van der Waals surface area contributed by atoms with E-state index in [2.05, 4.69) is 15.9 Å². The fourth-order valence-corrected chi connectivity index (χ4v) is 4.74. The van der Waals surface area contributed by atoms with Gasteiger partial charge in [-0.25, -0.2) is 4.79 Å². The molecule has 2 aromatic rings. The van der Waals surface area contributed by atoms with Gasteiger partial charge in [-0.05, 0) is 93.5 Å². The molecule has 0 aromatic heterocycles. The van der Waals surface area contributed by atoms with E-state index >= 15 is 0 Å². The lowest BCUT2D eigenvalue weighted by atomic mass is 9.74. The van der Waals surface area contributed by atoms with Crippen LogP contribution in [0.5, 0.6) is 5.75 Å². The number of benzene rings is 2. The van der Waals surface area contributed by atoms with Crippen molar-refractivity contribution in [2.75, 3.05) is 18.6 Å². The molecule has 1 saturated carbocycles. The maximum atomic E-state index is 13.3. The van der Waals surface area contributed by atoms with Crippen LogP contribution in [-0.4, -0.2) is 30.3 Å². The molecular weight excluding hydrogens is 512 g/mol. The molecule has 8 heteroatoms. The normalized spacial score (nSPS) is 18.1. The summed E-state index contributed by atoms with van der Waals surface area (Å²) in [5.41, 5.74) is 1.92. The van der Waals surface area contributed by atoms with Crippen molar-refractivity contribution in [1.29, 1.82) is 0 Å². The highest BCUT2D eigenvalue weighted by Gasteiger charge is 2.33. The lowest BCUT2D eigenvalue weighted by molar-refractivity contribution is -0.484. The molecule has 0 N–H and O–H groups in total. The van der Waals surface area contributed by atoms with E-state index in [0.29, 0.717) is 11.4 Å². The summed E-state index contributed by atoms with van der Waals surface area (Å²) in [5.74, 6) is 0.335. The Bertz CT molecular complexity index is 1040. The standard InChI is InChI=1S/C27H33BrN2O5/c1-27(2,3)35-26(31)29(22-13-15-23(34-4)16-14-22)17-20-7-5-6-8-24(20)25(18-30(32)33)19-9-11-21(28)12-10-19/h9-17,24-25H,5-8,18H2,1-4H3/b20-17-/t24-,25+/m1/s1. The van der Waals surface area contributed by atoms with Gasteiger partial charge in [-0.1, -0.05) is 34.5 Å². The number of amides is 1. The molecule has 188 valence electrons. The van der Waals surface area contributed by atoms with Crippen molar-refractivity contribution in [3.05, 3.63) is 80.5 Å². The SMILES string of the molecule is COc1ccc(N(/C=C2/CCCC[C@H]2[C@@H](C[N+](=O)[O-])c2ccc(Br)cc2)C(=O)OC(C)(C)C)cc1. The zero-order chi connectivity index (χ0) is 25.6. The number of allylic oxidation sites excluding steroid dienone is 1. The first-order valence-electron chi connectivity index (χ1n) is 11.8. The molecule has 0 saturated heterocycles. The second kappa shape index (κ2) is 11.7. The molecule has 1 aliphatic rings. The summed E-state index contributed by atoms with van der Waals surface area (Å²) in [7, 11) is 1.59. The number of hydrogen-bond donors (Lipinski definition) is 0. The molecule has 0 bridgehead atoms. The lowest BCUT2D eigenvalue weighted by Crippen LogP contribution is -2.35. The molecule has 7 nitrogen and oxygen atoms in total. The van der Waals surface area contributed by atoms with Crippen molar-refractivity contribution in [3.63, 3.8) is 0 Å². The highest BCUT2D eigenvalue weighted by molar-refractivity contribution is 9.10. The van der Waals surface area contributed by atoms with Crippen molar-refractivity contribution >= 4 is 27.7 Å². The summed E-state index contributed by atoms with van der Waals surface area (Å²) in [4.78, 5) is 26.2. The van der Waals surface area contributed by atoms with E-state index in [1.165, 1.54) is 4.90 Å². The number of anilines is 1. The van der Waals surface area contributed by atoms with Gasteiger partial charge in [-0.15, -0.1) is 0 Å². The Morgan fingerprint density at radius 1 is 1.17 bits per heavy atom. The van der Waals surface area contributed by atoms with Crippen LogP contribution in [0.1, 0.15) is 57.9 Å². The first kappa shape index (κ1) is 26.7. The van der Waals surface area contributed by atoms with Crippen molar-refractivity contribution in [1.82, 2.24) is 0 Å². The topological polar surface area (TPSA) is 81.9 Å². The highest BCUT2D eigenvalue weighted by atomic mass is 79.9. The van der Waals surface area contributed by atoms with Crippen LogP contribution in [0.15, 0.2) is 64.8 Å². The summed E-state index contributed by atoms with van der Waals surface area (Å²) in [5, 5.41) is 11.6. The molecule has 2 atom stereocenters. The van der Waals surface area contributed by atoms with E-state index in [4.69, 9.17) is 9.47 Å². The maximum absolute atomic E-state index is 13.3. The predicted octanol–water partition coefficient (Wildman–Crippen LogP) is 7.33. The monoisotopic (exact) mass is 544 g/mol. The van der Waals surface area contributed by atoms with Gasteiger partial charge in [-0.3, -0.25) is 15.0 Å². The molecule has 0 unspecified atom stereocenters. The second-order valence-electron chi connectivity index (χ2n) is 9.78. The molecule has 0 aliphatic heterocycles. The Morgan fingerprint density at radius 3 is 2.40 bits per heavy atom. The van der Waals surface area contributed by atoms with E-state index in [-0.39, 0.29) is 23.3 Å². The first-order valence-corrected chi connectivity index (χ1v) is 12.6. The number of methoxy groups -OCH3 is 1. The van der Waals surface area contributed by atoms with E-state index in [1.807, 2.05) is 51.2 Å². The molecule has 35 heavy (non-hydrogen) atoms. The number of nitrogens with zero attached hydrogens (tertiary/aromatic N) is 2. The zero-order valence-electron chi connectivity index (χ0n) is 20.7. The van der Waals surface area contributed by atoms with Crippen LogP contribution < -0.4 is 9.64 Å². The van der Waals surface area contributed by atoms with Gasteiger partial charge >= 0.3 is 6.09 Å². The third-order valence-corrected chi connectivity index (χ3v) is 6.60. The summed E-state index contributed by atoms with van der Waals surface area (Å²) in [6, 6.07) is 14.9. The Morgan fingerprint density at radius 2 is 1.83 bits per heavy atom. The fourth-order valence-electron chi connectivity index (χ4n) is 4.47. The predicted molar refractivity (Wildman–Crippen MR) is 140 cm³/mol. The van der Waals surface area contributed by atoms with Crippen LogP contribution in [-0.2, 0) is 4.74 Å². The summed E-state index contributed by atoms with van der Waals surface area (Å²) >= 11 is 3.45. The Labute approximate surface area is 215 Å². The summed E-state index contributed by atoms with van der Waals surface area (Å²) in [6.45, 7) is 5.32. The molecule has 1 aliphatic carbocycles. The van der Waals surface area contributed by atoms with Gasteiger partial charge in [0.15, 0.2) is 0 Å². The average Bonchev–Trinajstić information content (AvgIpc) is 2.81. The average molecular weight is 545 g/mol. The molecular formula is C27H33BrN2O5. The molecule has 2 aromatic carbocycles. The summed E-state index contributed by atoms with van der Waals surface area (Å²) in [6.07, 6.45) is 4.90. The minimum atomic E-state index is -0.669. The van der Waals surface area contributed by atoms with Crippen LogP contribution in [0.25, 0.3) is 0 Å². The third kappa shape index (κ3) is 7.56.